The van der Waals surface area contributed by atoms with E-state index in [9.17, 15) is 14.0 Å². The van der Waals surface area contributed by atoms with Crippen molar-refractivity contribution in [3.63, 3.8) is 0 Å². The van der Waals surface area contributed by atoms with Crippen molar-refractivity contribution in [2.75, 3.05) is 18.0 Å². The Bertz CT molecular complexity index is 797. The maximum Gasteiger partial charge on any atom is 0.254 e. The Hall–Kier alpha value is -2.69. The molecular weight excluding hydrogens is 331 g/mol. The van der Waals surface area contributed by atoms with Gasteiger partial charge in [0, 0.05) is 25.7 Å². The van der Waals surface area contributed by atoms with Crippen molar-refractivity contribution in [3.05, 3.63) is 65.5 Å². The first-order valence-corrected chi connectivity index (χ1v) is 8.62. The summed E-state index contributed by atoms with van der Waals surface area (Å²) in [7, 11) is 0. The van der Waals surface area contributed by atoms with Crippen molar-refractivity contribution < 1.29 is 14.0 Å². The molecule has 4 nitrogen and oxygen atoms in total. The van der Waals surface area contributed by atoms with Crippen molar-refractivity contribution in [1.29, 1.82) is 0 Å². The van der Waals surface area contributed by atoms with Gasteiger partial charge in [-0.05, 0) is 29.2 Å². The molecule has 5 heteroatoms. The third-order valence-corrected chi connectivity index (χ3v) is 4.12. The smallest absolute Gasteiger partial charge is 0.254 e. The quantitative estimate of drug-likeness (QED) is 0.883. The molecular formula is C21H25FN2O2. The predicted octanol–water partition coefficient (Wildman–Crippen LogP) is 3.91. The zero-order valence-corrected chi connectivity index (χ0v) is 15.7. The molecule has 0 saturated heterocycles. The van der Waals surface area contributed by atoms with Crippen LogP contribution in [0, 0.1) is 5.82 Å². The van der Waals surface area contributed by atoms with Crippen LogP contribution in [-0.2, 0) is 10.2 Å². The molecule has 0 radical (unpaired) electrons. The first kappa shape index (κ1) is 19.6. The molecule has 138 valence electrons. The van der Waals surface area contributed by atoms with Crippen molar-refractivity contribution in [1.82, 2.24) is 5.32 Å². The molecule has 2 aromatic rings. The molecule has 0 aliphatic carbocycles. The van der Waals surface area contributed by atoms with Gasteiger partial charge in [-0.25, -0.2) is 4.39 Å². The fourth-order valence-electron chi connectivity index (χ4n) is 2.81. The lowest BCUT2D eigenvalue weighted by Gasteiger charge is -2.29. The topological polar surface area (TPSA) is 49.4 Å². The molecule has 0 aromatic heterocycles. The van der Waals surface area contributed by atoms with E-state index in [-0.39, 0.29) is 23.4 Å². The molecule has 2 aromatic carbocycles. The molecule has 0 spiro atoms. The number of anilines is 1. The number of hydrogen-bond acceptors (Lipinski definition) is 2. The van der Waals surface area contributed by atoms with E-state index in [1.54, 1.807) is 11.0 Å². The monoisotopic (exact) mass is 356 g/mol. The van der Waals surface area contributed by atoms with Gasteiger partial charge in [0.15, 0.2) is 0 Å². The standard InChI is InChI=1S/C21H25FN2O2/c1-15(25)24(19-12-8-6-10-17(19)21(2,3)4)14-13-23-20(26)16-9-5-7-11-18(16)22/h5-12H,13-14H2,1-4H3,(H,23,26). The van der Waals surface area contributed by atoms with Gasteiger partial charge in [-0.3, -0.25) is 9.59 Å². The summed E-state index contributed by atoms with van der Waals surface area (Å²) in [4.78, 5) is 25.9. The van der Waals surface area contributed by atoms with Gasteiger partial charge in [-0.2, -0.15) is 0 Å². The summed E-state index contributed by atoms with van der Waals surface area (Å²) >= 11 is 0. The highest BCUT2D eigenvalue weighted by molar-refractivity contribution is 5.95. The van der Waals surface area contributed by atoms with Gasteiger partial charge < -0.3 is 10.2 Å². The number of para-hydroxylation sites is 1. The molecule has 26 heavy (non-hydrogen) atoms. The summed E-state index contributed by atoms with van der Waals surface area (Å²) in [6.07, 6.45) is 0. The van der Waals surface area contributed by atoms with Crippen LogP contribution in [0.15, 0.2) is 48.5 Å². The minimum Gasteiger partial charge on any atom is -0.350 e. The number of amides is 2. The molecule has 2 amide bonds. The third-order valence-electron chi connectivity index (χ3n) is 4.12. The van der Waals surface area contributed by atoms with Gasteiger partial charge in [-0.1, -0.05) is 51.1 Å². The zero-order chi connectivity index (χ0) is 19.3. The Kier molecular flexibility index (Phi) is 6.14. The second-order valence-corrected chi connectivity index (χ2v) is 7.17. The molecule has 0 atom stereocenters. The molecule has 0 aliphatic heterocycles. The SMILES string of the molecule is CC(=O)N(CCNC(=O)c1ccccc1F)c1ccccc1C(C)(C)C. The highest BCUT2D eigenvalue weighted by atomic mass is 19.1. The number of carbonyl (C=O) groups excluding carboxylic acids is 2. The van der Waals surface area contributed by atoms with E-state index in [4.69, 9.17) is 0 Å². The van der Waals surface area contributed by atoms with E-state index in [1.807, 2.05) is 24.3 Å². The van der Waals surface area contributed by atoms with E-state index in [0.29, 0.717) is 6.54 Å². The van der Waals surface area contributed by atoms with E-state index < -0.39 is 11.7 Å². The number of rotatable bonds is 5. The average molecular weight is 356 g/mol. The Morgan fingerprint density at radius 1 is 1.04 bits per heavy atom. The van der Waals surface area contributed by atoms with E-state index >= 15 is 0 Å². The van der Waals surface area contributed by atoms with Gasteiger partial charge in [0.05, 0.1) is 5.56 Å². The maximum atomic E-state index is 13.7. The van der Waals surface area contributed by atoms with Gasteiger partial charge in [0.25, 0.3) is 5.91 Å². The number of nitrogens with zero attached hydrogens (tertiary/aromatic N) is 1. The van der Waals surface area contributed by atoms with Crippen LogP contribution in [0.25, 0.3) is 0 Å². The highest BCUT2D eigenvalue weighted by Crippen LogP contribution is 2.31. The van der Waals surface area contributed by atoms with E-state index in [0.717, 1.165) is 11.3 Å². The second-order valence-electron chi connectivity index (χ2n) is 7.17. The minimum absolute atomic E-state index is 0.00281. The van der Waals surface area contributed by atoms with Gasteiger partial charge in [0.1, 0.15) is 5.82 Å². The molecule has 0 bridgehead atoms. The summed E-state index contributed by atoms with van der Waals surface area (Å²) in [6, 6.07) is 13.6. The van der Waals surface area contributed by atoms with Crippen LogP contribution in [0.5, 0.6) is 0 Å². The number of benzene rings is 2. The van der Waals surface area contributed by atoms with Gasteiger partial charge >= 0.3 is 0 Å². The van der Waals surface area contributed by atoms with Crippen molar-refractivity contribution in [3.8, 4) is 0 Å². The van der Waals surface area contributed by atoms with Crippen molar-refractivity contribution in [2.45, 2.75) is 33.1 Å². The second kappa shape index (κ2) is 8.13. The molecule has 0 aliphatic rings. The summed E-state index contributed by atoms with van der Waals surface area (Å²) < 4.78 is 13.7. The Balaban J connectivity index is 2.12. The Labute approximate surface area is 154 Å². The Morgan fingerprint density at radius 2 is 1.65 bits per heavy atom. The van der Waals surface area contributed by atoms with Gasteiger partial charge in [0.2, 0.25) is 5.91 Å². The summed E-state index contributed by atoms with van der Waals surface area (Å²) in [5, 5.41) is 2.68. The highest BCUT2D eigenvalue weighted by Gasteiger charge is 2.22. The van der Waals surface area contributed by atoms with E-state index in [2.05, 4.69) is 26.1 Å². The normalized spacial score (nSPS) is 11.1. The van der Waals surface area contributed by atoms with Gasteiger partial charge in [-0.15, -0.1) is 0 Å². The van der Waals surface area contributed by atoms with Crippen molar-refractivity contribution >= 4 is 17.5 Å². The summed E-state index contributed by atoms with van der Waals surface area (Å²) in [6.45, 7) is 8.30. The van der Waals surface area contributed by atoms with Crippen LogP contribution >= 0.6 is 0 Å². The van der Waals surface area contributed by atoms with Crippen LogP contribution in [0.2, 0.25) is 0 Å². The maximum absolute atomic E-state index is 13.7. The lowest BCUT2D eigenvalue weighted by molar-refractivity contribution is -0.116. The first-order valence-electron chi connectivity index (χ1n) is 8.62. The number of nitrogens with one attached hydrogen (secondary N) is 1. The predicted molar refractivity (Wildman–Crippen MR) is 102 cm³/mol. The summed E-state index contributed by atoms with van der Waals surface area (Å²) in [5.74, 6) is -1.16. The molecule has 0 saturated carbocycles. The fraction of sp³-hybridized carbons (Fsp3) is 0.333. The molecule has 2 rings (SSSR count). The number of halogens is 1. The Morgan fingerprint density at radius 3 is 2.27 bits per heavy atom. The first-order chi connectivity index (χ1) is 12.2. The number of hydrogen-bond donors (Lipinski definition) is 1. The van der Waals surface area contributed by atoms with Crippen LogP contribution < -0.4 is 10.2 Å². The third kappa shape index (κ3) is 4.69. The zero-order valence-electron chi connectivity index (χ0n) is 15.7. The molecule has 0 heterocycles. The van der Waals surface area contributed by atoms with E-state index in [1.165, 1.54) is 25.1 Å². The molecule has 0 unspecified atom stereocenters. The largest absolute Gasteiger partial charge is 0.350 e. The minimum atomic E-state index is -0.563. The van der Waals surface area contributed by atoms with Crippen LogP contribution in [0.3, 0.4) is 0 Å². The molecule has 0 fully saturated rings. The average Bonchev–Trinajstić information content (AvgIpc) is 2.58. The van der Waals surface area contributed by atoms with Crippen LogP contribution in [0.1, 0.15) is 43.6 Å². The lowest BCUT2D eigenvalue weighted by atomic mass is 9.85. The number of carbonyl (C=O) groups is 2. The van der Waals surface area contributed by atoms with Crippen LogP contribution in [0.4, 0.5) is 10.1 Å². The fourth-order valence-corrected chi connectivity index (χ4v) is 2.81. The van der Waals surface area contributed by atoms with Crippen LogP contribution in [-0.4, -0.2) is 24.9 Å². The summed E-state index contributed by atoms with van der Waals surface area (Å²) in [5.41, 5.74) is 1.75. The molecule has 1 N–H and O–H groups in total. The van der Waals surface area contributed by atoms with Crippen molar-refractivity contribution in [2.24, 2.45) is 0 Å². The lowest BCUT2D eigenvalue weighted by Crippen LogP contribution is -2.38.